The highest BCUT2D eigenvalue weighted by Crippen LogP contribution is 2.04. The summed E-state index contributed by atoms with van der Waals surface area (Å²) in [5.41, 5.74) is 27.2. The highest BCUT2D eigenvalue weighted by Gasteiger charge is 2.21. The van der Waals surface area contributed by atoms with Crippen LogP contribution in [-0.4, -0.2) is 18.4 Å². The zero-order valence-corrected chi connectivity index (χ0v) is 7.50. The van der Waals surface area contributed by atoms with Crippen LogP contribution in [0.3, 0.4) is 0 Å². The maximum absolute atomic E-state index is 5.63. The Bertz CT molecular complexity index is 109. The molecule has 0 aliphatic carbocycles. The van der Waals surface area contributed by atoms with Gasteiger partial charge in [0.15, 0.2) is 0 Å². The lowest BCUT2D eigenvalue weighted by Gasteiger charge is -2.26. The molecule has 0 aliphatic rings. The van der Waals surface area contributed by atoms with Crippen molar-refractivity contribution in [1.29, 1.82) is 0 Å². The van der Waals surface area contributed by atoms with Crippen molar-refractivity contribution in [1.82, 2.24) is 0 Å². The topological polar surface area (TPSA) is 130 Å². The minimum atomic E-state index is -1.25. The Morgan fingerprint density at radius 1 is 1.00 bits per heavy atom. The molecular weight excluding hydrogens is 154 g/mol. The molecule has 0 heterocycles. The molecule has 0 spiro atoms. The third-order valence-corrected chi connectivity index (χ3v) is 1.86. The molecule has 0 aromatic heterocycles. The lowest BCUT2D eigenvalue weighted by molar-refractivity contribution is 0.342. The fourth-order valence-corrected chi connectivity index (χ4v) is 0.935. The van der Waals surface area contributed by atoms with Gasteiger partial charge in [-0.3, -0.25) is 17.2 Å². The number of rotatable bonds is 6. The standard InChI is InChI=1S/C7H21N5/c8-5-3-1-2-4-6(9)7(10,11)12/h6H,1-5,8-12H2. The van der Waals surface area contributed by atoms with E-state index in [1.54, 1.807) is 0 Å². The van der Waals surface area contributed by atoms with Crippen LogP contribution in [0.1, 0.15) is 25.7 Å². The van der Waals surface area contributed by atoms with Crippen molar-refractivity contribution >= 4 is 0 Å². The largest absolute Gasteiger partial charge is 0.330 e. The predicted octanol–water partition coefficient (Wildman–Crippen LogP) is -1.64. The van der Waals surface area contributed by atoms with Gasteiger partial charge in [0.25, 0.3) is 0 Å². The van der Waals surface area contributed by atoms with Gasteiger partial charge in [0.05, 0.1) is 0 Å². The van der Waals surface area contributed by atoms with E-state index in [0.717, 1.165) is 25.7 Å². The number of unbranched alkanes of at least 4 members (excludes halogenated alkanes) is 2. The van der Waals surface area contributed by atoms with Crippen molar-refractivity contribution in [3.63, 3.8) is 0 Å². The van der Waals surface area contributed by atoms with Crippen LogP contribution in [-0.2, 0) is 0 Å². The first kappa shape index (κ1) is 11.8. The lowest BCUT2D eigenvalue weighted by Crippen LogP contribution is -2.68. The molecule has 0 aromatic carbocycles. The molecule has 1 atom stereocenters. The first-order valence-corrected chi connectivity index (χ1v) is 4.30. The minimum absolute atomic E-state index is 0.338. The maximum Gasteiger partial charge on any atom is 0.131 e. The monoisotopic (exact) mass is 175 g/mol. The van der Waals surface area contributed by atoms with E-state index in [0.29, 0.717) is 6.54 Å². The van der Waals surface area contributed by atoms with Gasteiger partial charge < -0.3 is 11.5 Å². The van der Waals surface area contributed by atoms with E-state index in [1.807, 2.05) is 0 Å². The molecule has 5 heteroatoms. The van der Waals surface area contributed by atoms with Gasteiger partial charge in [0.1, 0.15) is 5.79 Å². The summed E-state index contributed by atoms with van der Waals surface area (Å²) < 4.78 is 0. The second-order valence-electron chi connectivity index (χ2n) is 3.24. The van der Waals surface area contributed by atoms with E-state index < -0.39 is 5.79 Å². The molecular formula is C7H21N5. The van der Waals surface area contributed by atoms with E-state index in [9.17, 15) is 0 Å². The molecule has 0 bridgehead atoms. The van der Waals surface area contributed by atoms with Crippen molar-refractivity contribution in [3.8, 4) is 0 Å². The molecule has 5 nitrogen and oxygen atoms in total. The van der Waals surface area contributed by atoms with E-state index in [1.165, 1.54) is 0 Å². The fourth-order valence-electron chi connectivity index (χ4n) is 0.935. The van der Waals surface area contributed by atoms with Gasteiger partial charge in [-0.2, -0.15) is 0 Å². The minimum Gasteiger partial charge on any atom is -0.330 e. The van der Waals surface area contributed by atoms with E-state index >= 15 is 0 Å². The predicted molar refractivity (Wildman–Crippen MR) is 50.8 cm³/mol. The average molecular weight is 175 g/mol. The summed E-state index contributed by atoms with van der Waals surface area (Å²) in [5, 5.41) is 0. The zero-order chi connectivity index (χ0) is 9.61. The van der Waals surface area contributed by atoms with Crippen molar-refractivity contribution in [2.75, 3.05) is 6.54 Å². The van der Waals surface area contributed by atoms with Crippen LogP contribution in [0.15, 0.2) is 0 Å². The summed E-state index contributed by atoms with van der Waals surface area (Å²) in [7, 11) is 0. The Kier molecular flexibility index (Phi) is 5.36. The van der Waals surface area contributed by atoms with Gasteiger partial charge in [-0.05, 0) is 19.4 Å². The molecule has 0 rings (SSSR count). The Morgan fingerprint density at radius 3 is 2.00 bits per heavy atom. The summed E-state index contributed by atoms with van der Waals surface area (Å²) in [5.74, 6) is -1.25. The van der Waals surface area contributed by atoms with Crippen molar-refractivity contribution in [3.05, 3.63) is 0 Å². The second-order valence-corrected chi connectivity index (χ2v) is 3.24. The van der Waals surface area contributed by atoms with Gasteiger partial charge in [-0.15, -0.1) is 0 Å². The lowest BCUT2D eigenvalue weighted by atomic mass is 10.0. The van der Waals surface area contributed by atoms with E-state index in [-0.39, 0.29) is 6.04 Å². The van der Waals surface area contributed by atoms with Crippen molar-refractivity contribution in [2.45, 2.75) is 37.5 Å². The van der Waals surface area contributed by atoms with E-state index in [4.69, 9.17) is 28.7 Å². The molecule has 74 valence electrons. The van der Waals surface area contributed by atoms with Crippen LogP contribution in [0.5, 0.6) is 0 Å². The summed E-state index contributed by atoms with van der Waals surface area (Å²) in [6, 6.07) is -0.338. The van der Waals surface area contributed by atoms with Crippen LogP contribution in [0.4, 0.5) is 0 Å². The zero-order valence-electron chi connectivity index (χ0n) is 7.50. The molecule has 1 unspecified atom stereocenters. The average Bonchev–Trinajstić information content (AvgIpc) is 1.96. The molecule has 0 radical (unpaired) electrons. The molecule has 0 saturated carbocycles. The fraction of sp³-hybridized carbons (Fsp3) is 1.00. The molecule has 0 amide bonds. The van der Waals surface area contributed by atoms with Crippen LogP contribution < -0.4 is 28.7 Å². The molecule has 12 heavy (non-hydrogen) atoms. The third-order valence-electron chi connectivity index (χ3n) is 1.86. The first-order valence-electron chi connectivity index (χ1n) is 4.30. The first-order chi connectivity index (χ1) is 5.48. The Balaban J connectivity index is 3.38. The molecule has 10 N–H and O–H groups in total. The summed E-state index contributed by atoms with van der Waals surface area (Å²) in [6.45, 7) is 0.717. The maximum atomic E-state index is 5.63. The molecule has 0 aliphatic heterocycles. The normalized spacial score (nSPS) is 14.8. The SMILES string of the molecule is NCCCCCC(N)C(N)(N)N. The van der Waals surface area contributed by atoms with E-state index in [2.05, 4.69) is 0 Å². The smallest absolute Gasteiger partial charge is 0.131 e. The van der Waals surface area contributed by atoms with Gasteiger partial charge >= 0.3 is 0 Å². The Hall–Kier alpha value is -0.200. The summed E-state index contributed by atoms with van der Waals surface area (Å²) >= 11 is 0. The van der Waals surface area contributed by atoms with Crippen molar-refractivity contribution in [2.24, 2.45) is 28.7 Å². The molecule has 0 aromatic rings. The highest BCUT2D eigenvalue weighted by atomic mass is 15.2. The third kappa shape index (κ3) is 5.45. The number of hydrogen-bond donors (Lipinski definition) is 5. The quantitative estimate of drug-likeness (QED) is 0.244. The van der Waals surface area contributed by atoms with Crippen molar-refractivity contribution < 1.29 is 0 Å². The summed E-state index contributed by atoms with van der Waals surface area (Å²) in [4.78, 5) is 0. The van der Waals surface area contributed by atoms with Crippen LogP contribution >= 0.6 is 0 Å². The Morgan fingerprint density at radius 2 is 1.58 bits per heavy atom. The van der Waals surface area contributed by atoms with Crippen LogP contribution in [0.2, 0.25) is 0 Å². The number of hydrogen-bond acceptors (Lipinski definition) is 5. The van der Waals surface area contributed by atoms with Gasteiger partial charge in [0.2, 0.25) is 0 Å². The second kappa shape index (κ2) is 5.45. The van der Waals surface area contributed by atoms with Gasteiger partial charge in [0, 0.05) is 6.04 Å². The van der Waals surface area contributed by atoms with Gasteiger partial charge in [-0.25, -0.2) is 0 Å². The molecule has 0 fully saturated rings. The summed E-state index contributed by atoms with van der Waals surface area (Å²) in [6.07, 6.45) is 3.80. The highest BCUT2D eigenvalue weighted by molar-refractivity contribution is 4.81. The van der Waals surface area contributed by atoms with Crippen LogP contribution in [0, 0.1) is 0 Å². The Labute approximate surface area is 73.6 Å². The number of nitrogens with two attached hydrogens (primary N) is 5. The van der Waals surface area contributed by atoms with Gasteiger partial charge in [-0.1, -0.05) is 12.8 Å². The van der Waals surface area contributed by atoms with Crippen LogP contribution in [0.25, 0.3) is 0 Å². The molecule has 0 saturated heterocycles.